The molecule has 0 aliphatic heterocycles. The number of anilines is 1. The molecule has 0 saturated heterocycles. The highest BCUT2D eigenvalue weighted by atomic mass is 32.1. The number of para-hydroxylation sites is 1. The molecule has 1 amide bonds. The lowest BCUT2D eigenvalue weighted by Gasteiger charge is -2.15. The number of aryl methyl sites for hydroxylation is 1. The first-order chi connectivity index (χ1) is 14.6. The average Bonchev–Trinajstić information content (AvgIpc) is 3.28. The normalized spacial score (nSPS) is 10.6. The van der Waals surface area contributed by atoms with Crippen molar-refractivity contribution < 1.29 is 9.53 Å². The number of rotatable bonds is 6. The lowest BCUT2D eigenvalue weighted by Crippen LogP contribution is -2.26. The van der Waals surface area contributed by atoms with E-state index in [9.17, 15) is 4.79 Å². The zero-order chi connectivity index (χ0) is 20.9. The summed E-state index contributed by atoms with van der Waals surface area (Å²) in [5, 5.41) is 2.60. The third-order valence-electron chi connectivity index (χ3n) is 4.74. The van der Waals surface area contributed by atoms with Crippen LogP contribution in [0.4, 0.5) is 5.69 Å². The molecule has 5 heteroatoms. The van der Waals surface area contributed by atoms with Crippen LogP contribution in [0.5, 0.6) is 5.75 Å². The molecule has 0 spiro atoms. The molecular formula is C25H22N2O2S. The van der Waals surface area contributed by atoms with E-state index in [0.29, 0.717) is 12.3 Å². The topological polar surface area (TPSA) is 42.4 Å². The van der Waals surface area contributed by atoms with Gasteiger partial charge < -0.3 is 9.64 Å². The summed E-state index contributed by atoms with van der Waals surface area (Å²) in [6.45, 7) is 2.58. The summed E-state index contributed by atoms with van der Waals surface area (Å²) in [4.78, 5) is 19.0. The maximum absolute atomic E-state index is 12.8. The Kier molecular flexibility index (Phi) is 5.91. The van der Waals surface area contributed by atoms with Crippen molar-refractivity contribution in [3.63, 3.8) is 0 Å². The van der Waals surface area contributed by atoms with Gasteiger partial charge in [0.15, 0.2) is 0 Å². The van der Waals surface area contributed by atoms with Crippen molar-refractivity contribution in [2.24, 2.45) is 0 Å². The standard InChI is InChI=1S/C25H22N2O2S/c1-18-8-6-9-19(14-18)16-29-22-13-7-10-20(15-22)24-26-23(17-30-24)25(28)27(2)21-11-4-3-5-12-21/h3-15,17H,16H2,1-2H3. The maximum Gasteiger partial charge on any atom is 0.277 e. The van der Waals surface area contributed by atoms with E-state index in [2.05, 4.69) is 30.1 Å². The molecule has 0 bridgehead atoms. The lowest BCUT2D eigenvalue weighted by molar-refractivity contribution is 0.0989. The highest BCUT2D eigenvalue weighted by molar-refractivity contribution is 7.13. The predicted molar refractivity (Wildman–Crippen MR) is 122 cm³/mol. The van der Waals surface area contributed by atoms with Crippen LogP contribution in [0.1, 0.15) is 21.6 Å². The molecule has 0 fully saturated rings. The maximum atomic E-state index is 12.8. The molecule has 4 nitrogen and oxygen atoms in total. The van der Waals surface area contributed by atoms with E-state index in [1.165, 1.54) is 16.9 Å². The number of hydrogen-bond donors (Lipinski definition) is 0. The van der Waals surface area contributed by atoms with E-state index >= 15 is 0 Å². The van der Waals surface area contributed by atoms with Crippen LogP contribution in [-0.4, -0.2) is 17.9 Å². The van der Waals surface area contributed by atoms with Crippen LogP contribution in [0.3, 0.4) is 0 Å². The van der Waals surface area contributed by atoms with E-state index in [1.54, 1.807) is 17.3 Å². The molecule has 0 saturated carbocycles. The number of benzene rings is 3. The number of amides is 1. The summed E-state index contributed by atoms with van der Waals surface area (Å²) in [6.07, 6.45) is 0. The molecule has 4 rings (SSSR count). The Morgan fingerprint density at radius 1 is 1.00 bits per heavy atom. The van der Waals surface area contributed by atoms with Gasteiger partial charge in [0.05, 0.1) is 0 Å². The Bertz CT molecular complexity index is 1150. The summed E-state index contributed by atoms with van der Waals surface area (Å²) in [5.41, 5.74) is 4.55. The molecule has 1 heterocycles. The second-order valence-corrected chi connectivity index (χ2v) is 7.90. The molecule has 0 radical (unpaired) electrons. The molecule has 0 atom stereocenters. The van der Waals surface area contributed by atoms with Gasteiger partial charge in [-0.3, -0.25) is 4.79 Å². The summed E-state index contributed by atoms with van der Waals surface area (Å²) >= 11 is 1.45. The van der Waals surface area contributed by atoms with Crippen LogP contribution in [0.2, 0.25) is 0 Å². The molecular weight excluding hydrogens is 392 g/mol. The molecule has 150 valence electrons. The average molecular weight is 415 g/mol. The Hall–Kier alpha value is -3.44. The van der Waals surface area contributed by atoms with Crippen LogP contribution in [0.15, 0.2) is 84.2 Å². The number of carbonyl (C=O) groups excluding carboxylic acids is 1. The number of hydrogen-bond acceptors (Lipinski definition) is 4. The van der Waals surface area contributed by atoms with Gasteiger partial charge >= 0.3 is 0 Å². The smallest absolute Gasteiger partial charge is 0.277 e. The molecule has 0 N–H and O–H groups in total. The second kappa shape index (κ2) is 8.93. The van der Waals surface area contributed by atoms with Gasteiger partial charge in [0.1, 0.15) is 23.1 Å². The van der Waals surface area contributed by atoms with Crippen molar-refractivity contribution in [1.82, 2.24) is 4.98 Å². The fraction of sp³-hybridized carbons (Fsp3) is 0.120. The van der Waals surface area contributed by atoms with E-state index in [-0.39, 0.29) is 5.91 Å². The number of nitrogens with zero attached hydrogens (tertiary/aromatic N) is 2. The van der Waals surface area contributed by atoms with Gasteiger partial charge in [-0.05, 0) is 36.8 Å². The van der Waals surface area contributed by atoms with Gasteiger partial charge in [0, 0.05) is 23.7 Å². The van der Waals surface area contributed by atoms with E-state index < -0.39 is 0 Å². The quantitative estimate of drug-likeness (QED) is 0.390. The number of aromatic nitrogens is 1. The number of thiazole rings is 1. The summed E-state index contributed by atoms with van der Waals surface area (Å²) in [5.74, 6) is 0.647. The Balaban J connectivity index is 1.48. The monoisotopic (exact) mass is 414 g/mol. The molecule has 0 unspecified atom stereocenters. The van der Waals surface area contributed by atoms with Crippen LogP contribution in [0, 0.1) is 6.92 Å². The highest BCUT2D eigenvalue weighted by Crippen LogP contribution is 2.28. The second-order valence-electron chi connectivity index (χ2n) is 7.04. The van der Waals surface area contributed by atoms with Crippen LogP contribution in [0.25, 0.3) is 10.6 Å². The largest absolute Gasteiger partial charge is 0.489 e. The third kappa shape index (κ3) is 4.58. The zero-order valence-electron chi connectivity index (χ0n) is 16.9. The summed E-state index contributed by atoms with van der Waals surface area (Å²) in [6, 6.07) is 25.6. The Morgan fingerprint density at radius 3 is 2.60 bits per heavy atom. The van der Waals surface area contributed by atoms with E-state index in [1.807, 2.05) is 60.7 Å². The molecule has 1 aromatic heterocycles. The van der Waals surface area contributed by atoms with Gasteiger partial charge in [-0.1, -0.05) is 60.2 Å². The van der Waals surface area contributed by atoms with Crippen molar-refractivity contribution in [2.75, 3.05) is 11.9 Å². The number of ether oxygens (including phenoxy) is 1. The highest BCUT2D eigenvalue weighted by Gasteiger charge is 2.17. The minimum Gasteiger partial charge on any atom is -0.489 e. The van der Waals surface area contributed by atoms with Gasteiger partial charge in [-0.2, -0.15) is 0 Å². The number of carbonyl (C=O) groups is 1. The fourth-order valence-corrected chi connectivity index (χ4v) is 3.92. The summed E-state index contributed by atoms with van der Waals surface area (Å²) < 4.78 is 5.96. The van der Waals surface area contributed by atoms with Crippen LogP contribution in [-0.2, 0) is 6.61 Å². The first-order valence-corrected chi connectivity index (χ1v) is 10.6. The van der Waals surface area contributed by atoms with Crippen LogP contribution >= 0.6 is 11.3 Å². The van der Waals surface area contributed by atoms with Crippen molar-refractivity contribution >= 4 is 22.9 Å². The van der Waals surface area contributed by atoms with E-state index in [0.717, 1.165) is 27.6 Å². The molecule has 4 aromatic rings. The molecule has 3 aromatic carbocycles. The minimum absolute atomic E-state index is 0.129. The van der Waals surface area contributed by atoms with Crippen molar-refractivity contribution in [1.29, 1.82) is 0 Å². The van der Waals surface area contributed by atoms with Gasteiger partial charge in [-0.25, -0.2) is 4.98 Å². The first kappa shape index (κ1) is 19.9. The molecule has 0 aliphatic carbocycles. The zero-order valence-corrected chi connectivity index (χ0v) is 17.7. The van der Waals surface area contributed by atoms with E-state index in [4.69, 9.17) is 4.74 Å². The van der Waals surface area contributed by atoms with Crippen molar-refractivity contribution in [3.8, 4) is 16.3 Å². The van der Waals surface area contributed by atoms with Gasteiger partial charge in [0.2, 0.25) is 0 Å². The SMILES string of the molecule is Cc1cccc(COc2cccc(-c3nc(C(=O)N(C)c4ccccc4)cs3)c2)c1. The van der Waals surface area contributed by atoms with Crippen LogP contribution < -0.4 is 9.64 Å². The fourth-order valence-electron chi connectivity index (χ4n) is 3.13. The predicted octanol–water partition coefficient (Wildman–Crippen LogP) is 5.97. The van der Waals surface area contributed by atoms with Crippen molar-refractivity contribution in [3.05, 3.63) is 101 Å². The summed E-state index contributed by atoms with van der Waals surface area (Å²) in [7, 11) is 1.76. The molecule has 30 heavy (non-hydrogen) atoms. The lowest BCUT2D eigenvalue weighted by atomic mass is 10.1. The van der Waals surface area contributed by atoms with Crippen molar-refractivity contribution in [2.45, 2.75) is 13.5 Å². The van der Waals surface area contributed by atoms with Gasteiger partial charge in [0.25, 0.3) is 5.91 Å². The minimum atomic E-state index is -0.129. The first-order valence-electron chi connectivity index (χ1n) is 9.67. The van der Waals surface area contributed by atoms with Gasteiger partial charge in [-0.15, -0.1) is 11.3 Å². The third-order valence-corrected chi connectivity index (χ3v) is 5.63. The molecule has 0 aliphatic rings. The Labute approximate surface area is 180 Å². The Morgan fingerprint density at radius 2 is 1.80 bits per heavy atom.